The van der Waals surface area contributed by atoms with Crippen molar-refractivity contribution in [1.82, 2.24) is 5.32 Å². The molecule has 2 aromatic rings. The average Bonchev–Trinajstić information content (AvgIpc) is 2.78. The van der Waals surface area contributed by atoms with Gasteiger partial charge in [-0.25, -0.2) is 0 Å². The second-order valence-corrected chi connectivity index (χ2v) is 6.07. The van der Waals surface area contributed by atoms with Gasteiger partial charge in [0.2, 0.25) is 0 Å². The van der Waals surface area contributed by atoms with E-state index in [0.717, 1.165) is 8.66 Å². The van der Waals surface area contributed by atoms with Crippen LogP contribution in [0.4, 0.5) is 0 Å². The highest BCUT2D eigenvalue weighted by Crippen LogP contribution is 2.27. The van der Waals surface area contributed by atoms with Crippen molar-refractivity contribution >= 4 is 27.3 Å². The molecule has 1 unspecified atom stereocenters. The number of nitrogens with one attached hydrogen (secondary N) is 1. The topological polar surface area (TPSA) is 35.8 Å². The molecule has 0 radical (unpaired) electrons. The van der Waals surface area contributed by atoms with Gasteiger partial charge in [0.25, 0.3) is 0 Å². The standard InChI is InChI=1S/C13H11BrN2S/c14-13-7-6-12(17-13)11(8-15)16-9-10-4-2-1-3-5-10/h1-7,11,16H,9H2. The van der Waals surface area contributed by atoms with E-state index >= 15 is 0 Å². The van der Waals surface area contributed by atoms with Crippen LogP contribution in [0.2, 0.25) is 0 Å². The number of nitrogens with zero attached hydrogens (tertiary/aromatic N) is 1. The molecule has 0 saturated heterocycles. The van der Waals surface area contributed by atoms with Crippen molar-refractivity contribution in [3.05, 3.63) is 56.7 Å². The molecular formula is C13H11BrN2S. The fraction of sp³-hybridized carbons (Fsp3) is 0.154. The summed E-state index contributed by atoms with van der Waals surface area (Å²) in [6.45, 7) is 0.703. The largest absolute Gasteiger partial charge is 0.293 e. The Labute approximate surface area is 113 Å². The fourth-order valence-electron chi connectivity index (χ4n) is 1.51. The monoisotopic (exact) mass is 306 g/mol. The van der Waals surface area contributed by atoms with Gasteiger partial charge in [0.05, 0.1) is 9.86 Å². The zero-order chi connectivity index (χ0) is 12.1. The summed E-state index contributed by atoms with van der Waals surface area (Å²) < 4.78 is 1.05. The third-order valence-corrected chi connectivity index (χ3v) is 4.05. The highest BCUT2D eigenvalue weighted by molar-refractivity contribution is 9.11. The van der Waals surface area contributed by atoms with Crippen molar-refractivity contribution in [2.75, 3.05) is 0 Å². The van der Waals surface area contributed by atoms with Crippen LogP contribution in [0.5, 0.6) is 0 Å². The number of thiophene rings is 1. The van der Waals surface area contributed by atoms with Gasteiger partial charge in [0, 0.05) is 11.4 Å². The van der Waals surface area contributed by atoms with E-state index in [0.29, 0.717) is 6.54 Å². The molecule has 0 aliphatic heterocycles. The first-order valence-corrected chi connectivity index (χ1v) is 6.82. The first-order chi connectivity index (χ1) is 8.29. The Bertz CT molecular complexity index is 516. The fourth-order valence-corrected chi connectivity index (χ4v) is 2.95. The number of rotatable bonds is 4. The van der Waals surface area contributed by atoms with Gasteiger partial charge in [-0.1, -0.05) is 30.3 Å². The van der Waals surface area contributed by atoms with Crippen molar-refractivity contribution in [2.24, 2.45) is 0 Å². The van der Waals surface area contributed by atoms with Crippen LogP contribution < -0.4 is 5.32 Å². The van der Waals surface area contributed by atoms with Crippen LogP contribution in [-0.2, 0) is 6.54 Å². The Morgan fingerprint density at radius 2 is 2.00 bits per heavy atom. The quantitative estimate of drug-likeness (QED) is 0.931. The Hall–Kier alpha value is -1.15. The lowest BCUT2D eigenvalue weighted by Crippen LogP contribution is -2.18. The van der Waals surface area contributed by atoms with Crippen LogP contribution in [0.1, 0.15) is 16.5 Å². The van der Waals surface area contributed by atoms with Gasteiger partial charge in [0.1, 0.15) is 6.04 Å². The lowest BCUT2D eigenvalue weighted by Gasteiger charge is -2.09. The maximum atomic E-state index is 9.15. The predicted molar refractivity (Wildman–Crippen MR) is 73.7 cm³/mol. The lowest BCUT2D eigenvalue weighted by molar-refractivity contribution is 0.638. The SMILES string of the molecule is N#CC(NCc1ccccc1)c1ccc(Br)s1. The molecule has 0 aliphatic carbocycles. The van der Waals surface area contributed by atoms with E-state index in [1.165, 1.54) is 5.56 Å². The van der Waals surface area contributed by atoms with Gasteiger partial charge in [-0.15, -0.1) is 11.3 Å². The molecule has 0 bridgehead atoms. The molecule has 0 spiro atoms. The van der Waals surface area contributed by atoms with E-state index in [2.05, 4.69) is 27.3 Å². The smallest absolute Gasteiger partial charge is 0.130 e. The molecular weight excluding hydrogens is 296 g/mol. The van der Waals surface area contributed by atoms with Gasteiger partial charge in [-0.05, 0) is 33.6 Å². The molecule has 0 fully saturated rings. The van der Waals surface area contributed by atoms with E-state index < -0.39 is 0 Å². The van der Waals surface area contributed by atoms with Crippen LogP contribution in [0, 0.1) is 11.3 Å². The third kappa shape index (κ3) is 3.40. The molecule has 1 atom stereocenters. The predicted octanol–water partition coefficient (Wildman–Crippen LogP) is 3.87. The first-order valence-electron chi connectivity index (χ1n) is 5.22. The summed E-state index contributed by atoms with van der Waals surface area (Å²) in [5, 5.41) is 12.4. The summed E-state index contributed by atoms with van der Waals surface area (Å²) in [6, 6.07) is 16.1. The average molecular weight is 307 g/mol. The van der Waals surface area contributed by atoms with Crippen LogP contribution >= 0.6 is 27.3 Å². The summed E-state index contributed by atoms with van der Waals surface area (Å²) >= 11 is 4.99. The summed E-state index contributed by atoms with van der Waals surface area (Å²) in [4.78, 5) is 1.04. The lowest BCUT2D eigenvalue weighted by atomic mass is 10.2. The Kier molecular flexibility index (Phi) is 4.32. The third-order valence-electron chi connectivity index (χ3n) is 2.36. The molecule has 2 nitrogen and oxygen atoms in total. The van der Waals surface area contributed by atoms with Crippen LogP contribution in [0.25, 0.3) is 0 Å². The van der Waals surface area contributed by atoms with Crippen molar-refractivity contribution in [3.63, 3.8) is 0 Å². The second-order valence-electron chi connectivity index (χ2n) is 3.57. The van der Waals surface area contributed by atoms with E-state index in [4.69, 9.17) is 5.26 Å². The van der Waals surface area contributed by atoms with Crippen molar-refractivity contribution in [1.29, 1.82) is 5.26 Å². The van der Waals surface area contributed by atoms with Crippen LogP contribution in [0.3, 0.4) is 0 Å². The molecule has 2 rings (SSSR count). The van der Waals surface area contributed by atoms with E-state index in [-0.39, 0.29) is 6.04 Å². The summed E-state index contributed by atoms with van der Waals surface area (Å²) in [6.07, 6.45) is 0. The van der Waals surface area contributed by atoms with E-state index in [1.54, 1.807) is 11.3 Å². The normalized spacial score (nSPS) is 12.0. The molecule has 0 saturated carbocycles. The molecule has 0 amide bonds. The zero-order valence-electron chi connectivity index (χ0n) is 9.06. The number of halogens is 1. The number of hydrogen-bond acceptors (Lipinski definition) is 3. The Morgan fingerprint density at radius 1 is 1.24 bits per heavy atom. The Morgan fingerprint density at radius 3 is 2.59 bits per heavy atom. The summed E-state index contributed by atoms with van der Waals surface area (Å²) in [7, 11) is 0. The van der Waals surface area contributed by atoms with Gasteiger partial charge < -0.3 is 0 Å². The molecule has 1 N–H and O–H groups in total. The minimum absolute atomic E-state index is 0.244. The maximum Gasteiger partial charge on any atom is 0.130 e. The molecule has 1 heterocycles. The molecule has 1 aromatic carbocycles. The van der Waals surface area contributed by atoms with Crippen molar-refractivity contribution < 1.29 is 0 Å². The molecule has 4 heteroatoms. The highest BCUT2D eigenvalue weighted by Gasteiger charge is 2.11. The first kappa shape index (κ1) is 12.3. The molecule has 0 aliphatic rings. The molecule has 1 aromatic heterocycles. The number of nitriles is 1. The maximum absolute atomic E-state index is 9.15. The second kappa shape index (κ2) is 5.97. The highest BCUT2D eigenvalue weighted by atomic mass is 79.9. The zero-order valence-corrected chi connectivity index (χ0v) is 11.5. The molecule has 86 valence electrons. The van der Waals surface area contributed by atoms with Crippen molar-refractivity contribution in [2.45, 2.75) is 12.6 Å². The van der Waals surface area contributed by atoms with Crippen molar-refractivity contribution in [3.8, 4) is 6.07 Å². The Balaban J connectivity index is 2.00. The minimum Gasteiger partial charge on any atom is -0.293 e. The summed E-state index contributed by atoms with van der Waals surface area (Å²) in [5.41, 5.74) is 1.18. The minimum atomic E-state index is -0.244. The van der Waals surface area contributed by atoms with Gasteiger partial charge >= 0.3 is 0 Å². The molecule has 17 heavy (non-hydrogen) atoms. The summed E-state index contributed by atoms with van der Waals surface area (Å²) in [5.74, 6) is 0. The number of benzene rings is 1. The van der Waals surface area contributed by atoms with Gasteiger partial charge in [0.15, 0.2) is 0 Å². The number of hydrogen-bond donors (Lipinski definition) is 1. The van der Waals surface area contributed by atoms with Crippen LogP contribution in [0.15, 0.2) is 46.3 Å². The van der Waals surface area contributed by atoms with Crippen LogP contribution in [-0.4, -0.2) is 0 Å². The van der Waals surface area contributed by atoms with Gasteiger partial charge in [-0.2, -0.15) is 5.26 Å². The van der Waals surface area contributed by atoms with E-state index in [9.17, 15) is 0 Å². The van der Waals surface area contributed by atoms with E-state index in [1.807, 2.05) is 42.5 Å². The van der Waals surface area contributed by atoms with Gasteiger partial charge in [-0.3, -0.25) is 5.32 Å².